The van der Waals surface area contributed by atoms with Crippen LogP contribution < -0.4 is 9.47 Å². The van der Waals surface area contributed by atoms with Crippen molar-refractivity contribution in [3.63, 3.8) is 0 Å². The van der Waals surface area contributed by atoms with Crippen LogP contribution in [0.4, 0.5) is 0 Å². The standard InChI is InChI=1S/C18H18O6/c1-5-23-18-15-11(6-9(2)24-18)16(19)12-7-10(21-3)8-13(22-4)14(12)17(15)20/h6-8,18H,5H2,1-4H3. The largest absolute Gasteiger partial charge is 0.497 e. The number of allylic oxidation sites excluding steroid dienone is 3. The zero-order valence-corrected chi connectivity index (χ0v) is 14.0. The third-order valence-corrected chi connectivity index (χ3v) is 3.98. The third kappa shape index (κ3) is 2.39. The van der Waals surface area contributed by atoms with Crippen LogP contribution in [-0.2, 0) is 9.47 Å². The molecule has 126 valence electrons. The topological polar surface area (TPSA) is 71.1 Å². The molecule has 1 unspecified atom stereocenters. The Kier molecular flexibility index (Phi) is 4.15. The summed E-state index contributed by atoms with van der Waals surface area (Å²) in [4.78, 5) is 26.0. The van der Waals surface area contributed by atoms with E-state index >= 15 is 0 Å². The first-order valence-electron chi connectivity index (χ1n) is 7.58. The summed E-state index contributed by atoms with van der Waals surface area (Å²) in [6, 6.07) is 3.13. The molecule has 6 heteroatoms. The van der Waals surface area contributed by atoms with Crippen LogP contribution in [0.2, 0.25) is 0 Å². The molecule has 0 amide bonds. The molecule has 0 N–H and O–H groups in total. The van der Waals surface area contributed by atoms with Gasteiger partial charge in [-0.3, -0.25) is 9.59 Å². The summed E-state index contributed by atoms with van der Waals surface area (Å²) in [7, 11) is 2.93. The second kappa shape index (κ2) is 6.13. The Morgan fingerprint density at radius 1 is 1.12 bits per heavy atom. The van der Waals surface area contributed by atoms with E-state index in [-0.39, 0.29) is 34.0 Å². The molecule has 0 aromatic heterocycles. The minimum absolute atomic E-state index is 0.211. The number of ether oxygens (including phenoxy) is 4. The van der Waals surface area contributed by atoms with E-state index in [9.17, 15) is 9.59 Å². The molecule has 1 aromatic rings. The molecular weight excluding hydrogens is 312 g/mol. The van der Waals surface area contributed by atoms with Crippen molar-refractivity contribution in [1.29, 1.82) is 0 Å². The van der Waals surface area contributed by atoms with Crippen molar-refractivity contribution in [3.8, 4) is 11.5 Å². The number of Topliss-reactive ketones (excluding diaryl/α,β-unsaturated/α-hetero) is 2. The second-order valence-electron chi connectivity index (χ2n) is 5.40. The number of benzene rings is 1. The second-order valence-corrected chi connectivity index (χ2v) is 5.40. The van der Waals surface area contributed by atoms with Gasteiger partial charge in [0.2, 0.25) is 12.1 Å². The molecule has 1 aliphatic carbocycles. The number of hydrogen-bond donors (Lipinski definition) is 0. The van der Waals surface area contributed by atoms with E-state index in [1.54, 1.807) is 32.1 Å². The van der Waals surface area contributed by atoms with Crippen molar-refractivity contribution in [1.82, 2.24) is 0 Å². The molecule has 0 spiro atoms. The Bertz CT molecular complexity index is 787. The molecule has 0 bridgehead atoms. The number of carbonyl (C=O) groups is 2. The van der Waals surface area contributed by atoms with Gasteiger partial charge in [0.25, 0.3) is 0 Å². The van der Waals surface area contributed by atoms with E-state index in [4.69, 9.17) is 18.9 Å². The Morgan fingerprint density at radius 3 is 2.50 bits per heavy atom. The lowest BCUT2D eigenvalue weighted by atomic mass is 9.82. The molecule has 0 saturated heterocycles. The average Bonchev–Trinajstić information content (AvgIpc) is 2.58. The fourth-order valence-electron chi connectivity index (χ4n) is 2.92. The number of fused-ring (bicyclic) bond motifs is 1. The lowest BCUT2D eigenvalue weighted by molar-refractivity contribution is -0.0871. The molecule has 1 atom stereocenters. The summed E-state index contributed by atoms with van der Waals surface area (Å²) in [6.07, 6.45) is 0.673. The molecule has 1 aromatic carbocycles. The Balaban J connectivity index is 2.23. The van der Waals surface area contributed by atoms with Crippen LogP contribution in [0.1, 0.15) is 34.6 Å². The van der Waals surface area contributed by atoms with Crippen LogP contribution in [0, 0.1) is 0 Å². The van der Waals surface area contributed by atoms with Gasteiger partial charge in [0.1, 0.15) is 11.5 Å². The van der Waals surface area contributed by atoms with Crippen molar-refractivity contribution >= 4 is 11.6 Å². The number of hydrogen-bond acceptors (Lipinski definition) is 6. The van der Waals surface area contributed by atoms with Crippen LogP contribution in [-0.4, -0.2) is 38.7 Å². The third-order valence-electron chi connectivity index (χ3n) is 3.98. The zero-order valence-electron chi connectivity index (χ0n) is 14.0. The number of rotatable bonds is 4. The fourth-order valence-corrected chi connectivity index (χ4v) is 2.92. The predicted molar refractivity (Wildman–Crippen MR) is 85.5 cm³/mol. The lowest BCUT2D eigenvalue weighted by Crippen LogP contribution is -2.34. The maximum absolute atomic E-state index is 13.0. The summed E-state index contributed by atoms with van der Waals surface area (Å²) < 4.78 is 21.6. The molecule has 1 heterocycles. The highest BCUT2D eigenvalue weighted by Gasteiger charge is 2.41. The van der Waals surface area contributed by atoms with Crippen molar-refractivity contribution < 1.29 is 28.5 Å². The van der Waals surface area contributed by atoms with Gasteiger partial charge >= 0.3 is 0 Å². The number of carbonyl (C=O) groups excluding carboxylic acids is 2. The van der Waals surface area contributed by atoms with Crippen LogP contribution in [0.15, 0.2) is 35.1 Å². The predicted octanol–water partition coefficient (Wildman–Crippen LogP) is 2.68. The van der Waals surface area contributed by atoms with E-state index in [0.29, 0.717) is 23.7 Å². The first kappa shape index (κ1) is 16.3. The van der Waals surface area contributed by atoms with E-state index in [2.05, 4.69) is 0 Å². The van der Waals surface area contributed by atoms with Gasteiger partial charge in [-0.2, -0.15) is 0 Å². The quantitative estimate of drug-likeness (QED) is 0.845. The van der Waals surface area contributed by atoms with Crippen LogP contribution in [0.5, 0.6) is 11.5 Å². The van der Waals surface area contributed by atoms with E-state index in [1.165, 1.54) is 14.2 Å². The van der Waals surface area contributed by atoms with E-state index in [1.807, 2.05) is 0 Å². The van der Waals surface area contributed by atoms with Crippen LogP contribution in [0.3, 0.4) is 0 Å². The molecule has 0 fully saturated rings. The highest BCUT2D eigenvalue weighted by Crippen LogP contribution is 2.40. The monoisotopic (exact) mass is 330 g/mol. The van der Waals surface area contributed by atoms with Gasteiger partial charge in [0.05, 0.1) is 31.1 Å². The molecule has 24 heavy (non-hydrogen) atoms. The van der Waals surface area contributed by atoms with Crippen molar-refractivity contribution in [2.75, 3.05) is 20.8 Å². The Labute approximate surface area is 139 Å². The van der Waals surface area contributed by atoms with Crippen molar-refractivity contribution in [3.05, 3.63) is 46.2 Å². The number of methoxy groups -OCH3 is 2. The van der Waals surface area contributed by atoms with Gasteiger partial charge < -0.3 is 18.9 Å². The minimum atomic E-state index is -0.897. The van der Waals surface area contributed by atoms with Gasteiger partial charge in [-0.15, -0.1) is 0 Å². The normalized spacial score (nSPS) is 19.3. The molecule has 0 radical (unpaired) electrons. The average molecular weight is 330 g/mol. The number of ketones is 2. The molecule has 1 aliphatic heterocycles. The highest BCUT2D eigenvalue weighted by atomic mass is 16.7. The van der Waals surface area contributed by atoms with Gasteiger partial charge in [-0.1, -0.05) is 0 Å². The summed E-state index contributed by atoms with van der Waals surface area (Å²) in [5, 5.41) is 0. The van der Waals surface area contributed by atoms with Crippen molar-refractivity contribution in [2.24, 2.45) is 0 Å². The first-order valence-corrected chi connectivity index (χ1v) is 7.58. The van der Waals surface area contributed by atoms with Crippen molar-refractivity contribution in [2.45, 2.75) is 20.1 Å². The van der Waals surface area contributed by atoms with Gasteiger partial charge in [0.15, 0.2) is 5.78 Å². The minimum Gasteiger partial charge on any atom is -0.497 e. The summed E-state index contributed by atoms with van der Waals surface area (Å²) in [5.74, 6) is 0.651. The fraction of sp³-hybridized carbons (Fsp3) is 0.333. The molecular formula is C18H18O6. The van der Waals surface area contributed by atoms with Crippen LogP contribution in [0.25, 0.3) is 0 Å². The molecule has 6 nitrogen and oxygen atoms in total. The summed E-state index contributed by atoms with van der Waals surface area (Å²) >= 11 is 0. The Hall–Kier alpha value is -2.60. The maximum Gasteiger partial charge on any atom is 0.230 e. The van der Waals surface area contributed by atoms with E-state index in [0.717, 1.165) is 0 Å². The Morgan fingerprint density at radius 2 is 1.88 bits per heavy atom. The molecule has 2 aliphatic rings. The highest BCUT2D eigenvalue weighted by molar-refractivity contribution is 6.29. The maximum atomic E-state index is 13.0. The van der Waals surface area contributed by atoms with Gasteiger partial charge in [0, 0.05) is 23.8 Å². The van der Waals surface area contributed by atoms with E-state index < -0.39 is 6.29 Å². The molecule has 0 saturated carbocycles. The first-order chi connectivity index (χ1) is 11.5. The molecule has 3 rings (SSSR count). The zero-order chi connectivity index (χ0) is 17.4. The summed E-state index contributed by atoms with van der Waals surface area (Å²) in [6.45, 7) is 3.86. The van der Waals surface area contributed by atoms with Gasteiger partial charge in [-0.05, 0) is 26.0 Å². The van der Waals surface area contributed by atoms with Crippen LogP contribution >= 0.6 is 0 Å². The smallest absolute Gasteiger partial charge is 0.230 e. The SMILES string of the molecule is CCOC1OC(C)=CC2=C1C(=O)c1c(OC)cc(OC)cc1C2=O. The van der Waals surface area contributed by atoms with Gasteiger partial charge in [-0.25, -0.2) is 0 Å². The lowest BCUT2D eigenvalue weighted by Gasteiger charge is -2.30. The summed E-state index contributed by atoms with van der Waals surface area (Å²) in [5.41, 5.74) is 0.980.